The van der Waals surface area contributed by atoms with Gasteiger partial charge < -0.3 is 9.73 Å². The predicted molar refractivity (Wildman–Crippen MR) is 67.4 cm³/mol. The molecule has 0 saturated carbocycles. The highest BCUT2D eigenvalue weighted by molar-refractivity contribution is 7.99. The largest absolute Gasteiger partial charge is 0.416 e. The lowest BCUT2D eigenvalue weighted by Gasteiger charge is -2.07. The minimum absolute atomic E-state index is 0.544. The van der Waals surface area contributed by atoms with Gasteiger partial charge in [0.05, 0.1) is 0 Å². The van der Waals surface area contributed by atoms with Crippen molar-refractivity contribution in [3.05, 3.63) is 34.7 Å². The molecule has 0 spiro atoms. The number of hydrogen-bond donors (Lipinski definition) is 1. The fourth-order valence-corrected chi connectivity index (χ4v) is 2.41. The van der Waals surface area contributed by atoms with Crippen LogP contribution in [0.5, 0.6) is 0 Å². The molecule has 0 aliphatic heterocycles. The molecule has 0 fully saturated rings. The number of benzene rings is 1. The normalized spacial score (nSPS) is 10.8. The Morgan fingerprint density at radius 2 is 2.24 bits per heavy atom. The summed E-state index contributed by atoms with van der Waals surface area (Å²) in [7, 11) is 1.90. The highest BCUT2D eigenvalue weighted by atomic mass is 35.5. The van der Waals surface area contributed by atoms with Gasteiger partial charge in [-0.3, -0.25) is 0 Å². The van der Waals surface area contributed by atoms with Gasteiger partial charge in [0.2, 0.25) is 5.89 Å². The summed E-state index contributed by atoms with van der Waals surface area (Å²) in [6.45, 7) is 2.52. The van der Waals surface area contributed by atoms with Crippen LogP contribution >= 0.6 is 23.4 Å². The van der Waals surface area contributed by atoms with E-state index in [1.54, 1.807) is 6.92 Å². The minimum atomic E-state index is 0.544. The molecule has 0 saturated heterocycles. The van der Waals surface area contributed by atoms with Gasteiger partial charge in [-0.05, 0) is 42.6 Å². The molecular formula is C11H12ClN3OS. The van der Waals surface area contributed by atoms with Crippen LogP contribution in [0, 0.1) is 6.92 Å². The molecule has 0 aliphatic carbocycles. The average Bonchev–Trinajstić information content (AvgIpc) is 2.69. The lowest BCUT2D eigenvalue weighted by atomic mass is 10.2. The van der Waals surface area contributed by atoms with E-state index in [0.29, 0.717) is 11.1 Å². The maximum atomic E-state index is 5.97. The Bertz CT molecular complexity index is 515. The zero-order valence-corrected chi connectivity index (χ0v) is 11.1. The van der Waals surface area contributed by atoms with Crippen LogP contribution in [0.15, 0.2) is 32.7 Å². The molecule has 2 rings (SSSR count). The van der Waals surface area contributed by atoms with Crippen LogP contribution in [0.2, 0.25) is 5.02 Å². The molecule has 90 valence electrons. The van der Waals surface area contributed by atoms with E-state index in [1.165, 1.54) is 11.8 Å². The Morgan fingerprint density at radius 1 is 1.41 bits per heavy atom. The van der Waals surface area contributed by atoms with E-state index in [0.717, 1.165) is 22.0 Å². The third kappa shape index (κ3) is 3.21. The van der Waals surface area contributed by atoms with Crippen LogP contribution in [0.3, 0.4) is 0 Å². The average molecular weight is 270 g/mol. The van der Waals surface area contributed by atoms with Crippen molar-refractivity contribution >= 4 is 23.4 Å². The molecule has 1 aromatic heterocycles. The standard InChI is InChI=1S/C11H12ClN3OS/c1-7-14-15-11(16-7)17-10-4-3-9(12)5-8(10)6-13-2/h3-5,13H,6H2,1-2H3. The van der Waals surface area contributed by atoms with Gasteiger partial charge in [0, 0.05) is 23.4 Å². The van der Waals surface area contributed by atoms with E-state index in [2.05, 4.69) is 15.5 Å². The molecule has 0 bridgehead atoms. The van der Waals surface area contributed by atoms with E-state index < -0.39 is 0 Å². The summed E-state index contributed by atoms with van der Waals surface area (Å²) in [6.07, 6.45) is 0. The summed E-state index contributed by atoms with van der Waals surface area (Å²) in [5.41, 5.74) is 1.11. The molecule has 0 radical (unpaired) electrons. The molecule has 0 amide bonds. The van der Waals surface area contributed by atoms with E-state index in [1.807, 2.05) is 25.2 Å². The maximum Gasteiger partial charge on any atom is 0.281 e. The van der Waals surface area contributed by atoms with Gasteiger partial charge in [0.25, 0.3) is 5.22 Å². The Balaban J connectivity index is 2.25. The zero-order chi connectivity index (χ0) is 12.3. The second kappa shape index (κ2) is 5.53. The fraction of sp³-hybridized carbons (Fsp3) is 0.273. The number of rotatable bonds is 4. The second-order valence-electron chi connectivity index (χ2n) is 3.47. The van der Waals surface area contributed by atoms with Crippen molar-refractivity contribution in [3.8, 4) is 0 Å². The van der Waals surface area contributed by atoms with Crippen LogP contribution in [0.4, 0.5) is 0 Å². The number of hydrogen-bond acceptors (Lipinski definition) is 5. The fourth-order valence-electron chi connectivity index (χ4n) is 1.39. The van der Waals surface area contributed by atoms with Crippen molar-refractivity contribution in [3.63, 3.8) is 0 Å². The SMILES string of the molecule is CNCc1cc(Cl)ccc1Sc1nnc(C)o1. The molecular weight excluding hydrogens is 258 g/mol. The summed E-state index contributed by atoms with van der Waals surface area (Å²) in [4.78, 5) is 1.06. The summed E-state index contributed by atoms with van der Waals surface area (Å²) in [5.74, 6) is 0.566. The van der Waals surface area contributed by atoms with E-state index in [4.69, 9.17) is 16.0 Å². The van der Waals surface area contributed by atoms with Gasteiger partial charge in [0.15, 0.2) is 0 Å². The molecule has 1 heterocycles. The Labute approximate surface area is 109 Å². The highest BCUT2D eigenvalue weighted by Crippen LogP contribution is 2.31. The van der Waals surface area contributed by atoms with Gasteiger partial charge in [-0.1, -0.05) is 11.6 Å². The lowest BCUT2D eigenvalue weighted by molar-refractivity contribution is 0.429. The molecule has 6 heteroatoms. The molecule has 1 N–H and O–H groups in total. The quantitative estimate of drug-likeness (QED) is 0.925. The van der Waals surface area contributed by atoms with E-state index >= 15 is 0 Å². The molecule has 2 aromatic rings. The minimum Gasteiger partial charge on any atom is -0.416 e. The first-order chi connectivity index (χ1) is 8.19. The van der Waals surface area contributed by atoms with Gasteiger partial charge in [0.1, 0.15) is 0 Å². The van der Waals surface area contributed by atoms with Crippen molar-refractivity contribution in [2.45, 2.75) is 23.6 Å². The van der Waals surface area contributed by atoms with Crippen molar-refractivity contribution in [2.24, 2.45) is 0 Å². The monoisotopic (exact) mass is 269 g/mol. The molecule has 1 aromatic carbocycles. The third-order valence-electron chi connectivity index (χ3n) is 2.09. The van der Waals surface area contributed by atoms with Crippen LogP contribution in [-0.4, -0.2) is 17.2 Å². The topological polar surface area (TPSA) is 51.0 Å². The van der Waals surface area contributed by atoms with Gasteiger partial charge in [-0.25, -0.2) is 0 Å². The highest BCUT2D eigenvalue weighted by Gasteiger charge is 2.09. The van der Waals surface area contributed by atoms with Crippen molar-refractivity contribution in [1.29, 1.82) is 0 Å². The summed E-state index contributed by atoms with van der Waals surface area (Å²) >= 11 is 7.42. The van der Waals surface area contributed by atoms with Crippen molar-refractivity contribution < 1.29 is 4.42 Å². The number of aromatic nitrogens is 2. The predicted octanol–water partition coefficient (Wildman–Crippen LogP) is 2.90. The maximum absolute atomic E-state index is 5.97. The van der Waals surface area contributed by atoms with Crippen molar-refractivity contribution in [2.75, 3.05) is 7.05 Å². The molecule has 0 aliphatic rings. The first-order valence-corrected chi connectivity index (χ1v) is 6.29. The zero-order valence-electron chi connectivity index (χ0n) is 9.53. The first-order valence-electron chi connectivity index (χ1n) is 5.10. The van der Waals surface area contributed by atoms with E-state index in [-0.39, 0.29) is 0 Å². The van der Waals surface area contributed by atoms with Crippen molar-refractivity contribution in [1.82, 2.24) is 15.5 Å². The Kier molecular flexibility index (Phi) is 4.04. The molecule has 4 nitrogen and oxygen atoms in total. The number of aryl methyl sites for hydroxylation is 1. The van der Waals surface area contributed by atoms with Crippen LogP contribution in [0.25, 0.3) is 0 Å². The molecule has 0 atom stereocenters. The van der Waals surface area contributed by atoms with Crippen LogP contribution < -0.4 is 5.32 Å². The van der Waals surface area contributed by atoms with Gasteiger partial charge in [-0.15, -0.1) is 10.2 Å². The summed E-state index contributed by atoms with van der Waals surface area (Å²) < 4.78 is 5.34. The second-order valence-corrected chi connectivity index (χ2v) is 4.90. The summed E-state index contributed by atoms with van der Waals surface area (Å²) in [5, 5.41) is 12.1. The smallest absolute Gasteiger partial charge is 0.281 e. The van der Waals surface area contributed by atoms with Crippen LogP contribution in [-0.2, 0) is 6.54 Å². The Morgan fingerprint density at radius 3 is 2.88 bits per heavy atom. The summed E-state index contributed by atoms with van der Waals surface area (Å²) in [6, 6.07) is 5.75. The van der Waals surface area contributed by atoms with Gasteiger partial charge in [-0.2, -0.15) is 0 Å². The third-order valence-corrected chi connectivity index (χ3v) is 3.29. The first kappa shape index (κ1) is 12.4. The van der Waals surface area contributed by atoms with Gasteiger partial charge >= 0.3 is 0 Å². The molecule has 17 heavy (non-hydrogen) atoms. The lowest BCUT2D eigenvalue weighted by Crippen LogP contribution is -2.06. The van der Waals surface area contributed by atoms with E-state index in [9.17, 15) is 0 Å². The number of nitrogens with one attached hydrogen (secondary N) is 1. The van der Waals surface area contributed by atoms with Crippen LogP contribution in [0.1, 0.15) is 11.5 Å². The Hall–Kier alpha value is -1.04. The molecule has 0 unspecified atom stereocenters. The number of nitrogens with zero attached hydrogens (tertiary/aromatic N) is 2. The number of halogens is 1.